The Hall–Kier alpha value is -1.79. The van der Waals surface area contributed by atoms with Gasteiger partial charge in [-0.1, -0.05) is 12.1 Å². The summed E-state index contributed by atoms with van der Waals surface area (Å²) in [6, 6.07) is 7.07. The first-order valence-corrected chi connectivity index (χ1v) is 10.8. The number of aryl methyl sites for hydroxylation is 1. The SMILES string of the molecule is CN=C(NCC1(c2ccc(F)cc2)CCOCC1)NC1CCc2nc(COC)nn2C1.I. The molecule has 1 saturated heterocycles. The minimum absolute atomic E-state index is 0. The van der Waals surface area contributed by atoms with Gasteiger partial charge in [0.15, 0.2) is 11.8 Å². The van der Waals surface area contributed by atoms with Crippen LogP contribution >= 0.6 is 24.0 Å². The molecule has 1 aromatic carbocycles. The van der Waals surface area contributed by atoms with Crippen molar-refractivity contribution < 1.29 is 13.9 Å². The number of aliphatic imine (C=N–C) groups is 1. The molecular weight excluding hydrogens is 526 g/mol. The van der Waals surface area contributed by atoms with E-state index in [1.807, 2.05) is 16.8 Å². The Kier molecular flexibility index (Phi) is 8.83. The summed E-state index contributed by atoms with van der Waals surface area (Å²) in [6.07, 6.45) is 3.60. The maximum absolute atomic E-state index is 13.5. The van der Waals surface area contributed by atoms with Crippen LogP contribution in [0.3, 0.4) is 0 Å². The van der Waals surface area contributed by atoms with Crippen LogP contribution in [0.1, 0.15) is 36.5 Å². The number of nitrogens with zero attached hydrogens (tertiary/aromatic N) is 4. The highest BCUT2D eigenvalue weighted by molar-refractivity contribution is 14.0. The van der Waals surface area contributed by atoms with Crippen molar-refractivity contribution in [3.05, 3.63) is 47.3 Å². The van der Waals surface area contributed by atoms with Crippen LogP contribution in [0.15, 0.2) is 29.3 Å². The van der Waals surface area contributed by atoms with E-state index in [2.05, 4.69) is 25.7 Å². The highest BCUT2D eigenvalue weighted by Crippen LogP contribution is 2.34. The van der Waals surface area contributed by atoms with E-state index in [9.17, 15) is 4.39 Å². The van der Waals surface area contributed by atoms with Crippen LogP contribution < -0.4 is 10.6 Å². The van der Waals surface area contributed by atoms with Gasteiger partial charge in [-0.15, -0.1) is 24.0 Å². The molecule has 0 saturated carbocycles. The van der Waals surface area contributed by atoms with Crippen molar-refractivity contribution >= 4 is 29.9 Å². The van der Waals surface area contributed by atoms with E-state index in [1.54, 1.807) is 14.2 Å². The lowest BCUT2D eigenvalue weighted by Crippen LogP contribution is -2.51. The monoisotopic (exact) mass is 558 g/mol. The first-order valence-electron chi connectivity index (χ1n) is 10.8. The number of halogens is 2. The lowest BCUT2D eigenvalue weighted by Gasteiger charge is -2.38. The number of nitrogens with one attached hydrogen (secondary N) is 2. The van der Waals surface area contributed by atoms with Gasteiger partial charge in [0.1, 0.15) is 18.2 Å². The Bertz CT molecular complexity index is 898. The van der Waals surface area contributed by atoms with Crippen LogP contribution in [0.4, 0.5) is 4.39 Å². The zero-order valence-electron chi connectivity index (χ0n) is 18.6. The maximum Gasteiger partial charge on any atom is 0.191 e. The first kappa shape index (κ1) is 24.8. The second kappa shape index (κ2) is 11.4. The quantitative estimate of drug-likeness (QED) is 0.322. The number of benzene rings is 1. The van der Waals surface area contributed by atoms with Gasteiger partial charge in [0, 0.05) is 51.8 Å². The summed E-state index contributed by atoms with van der Waals surface area (Å²) in [4.78, 5) is 8.97. The molecule has 0 spiro atoms. The van der Waals surface area contributed by atoms with Gasteiger partial charge in [-0.2, -0.15) is 5.10 Å². The maximum atomic E-state index is 13.5. The molecule has 1 atom stereocenters. The lowest BCUT2D eigenvalue weighted by atomic mass is 9.74. The molecule has 4 rings (SSSR count). The highest BCUT2D eigenvalue weighted by Gasteiger charge is 2.35. The summed E-state index contributed by atoms with van der Waals surface area (Å²) in [5.74, 6) is 2.28. The molecule has 2 aliphatic rings. The molecular formula is C22H32FIN6O2. The molecule has 0 amide bonds. The molecule has 1 unspecified atom stereocenters. The Morgan fingerprint density at radius 1 is 1.31 bits per heavy atom. The third kappa shape index (κ3) is 5.76. The van der Waals surface area contributed by atoms with Crippen LogP contribution in [-0.2, 0) is 34.5 Å². The van der Waals surface area contributed by atoms with Crippen molar-refractivity contribution in [2.75, 3.05) is 33.9 Å². The third-order valence-electron chi connectivity index (χ3n) is 6.24. The lowest BCUT2D eigenvalue weighted by molar-refractivity contribution is 0.0513. The van der Waals surface area contributed by atoms with Gasteiger partial charge in [-0.25, -0.2) is 14.1 Å². The van der Waals surface area contributed by atoms with E-state index in [4.69, 9.17) is 9.47 Å². The minimum atomic E-state index is -0.213. The number of hydrogen-bond acceptors (Lipinski definition) is 5. The number of hydrogen-bond donors (Lipinski definition) is 2. The molecule has 0 radical (unpaired) electrons. The summed E-state index contributed by atoms with van der Waals surface area (Å²) in [5, 5.41) is 11.6. The largest absolute Gasteiger partial charge is 0.381 e. The molecule has 8 nitrogen and oxygen atoms in total. The van der Waals surface area contributed by atoms with E-state index in [-0.39, 0.29) is 41.3 Å². The molecule has 2 aromatic rings. The number of fused-ring (bicyclic) bond motifs is 1. The number of guanidine groups is 1. The van der Waals surface area contributed by atoms with Gasteiger partial charge in [0.25, 0.3) is 0 Å². The molecule has 10 heteroatoms. The zero-order valence-corrected chi connectivity index (χ0v) is 21.0. The highest BCUT2D eigenvalue weighted by atomic mass is 127. The molecule has 0 bridgehead atoms. The van der Waals surface area contributed by atoms with Crippen molar-refractivity contribution in [2.24, 2.45) is 4.99 Å². The summed E-state index contributed by atoms with van der Waals surface area (Å²) in [6.45, 7) is 3.28. The van der Waals surface area contributed by atoms with E-state index in [0.717, 1.165) is 55.4 Å². The summed E-state index contributed by atoms with van der Waals surface area (Å²) < 4.78 is 26.2. The van der Waals surface area contributed by atoms with Gasteiger partial charge in [-0.3, -0.25) is 4.99 Å². The predicted molar refractivity (Wildman–Crippen MR) is 131 cm³/mol. The average molecular weight is 558 g/mol. The molecule has 3 heterocycles. The zero-order chi connectivity index (χ0) is 21.7. The Morgan fingerprint density at radius 2 is 2.06 bits per heavy atom. The number of ether oxygens (including phenoxy) is 2. The van der Waals surface area contributed by atoms with Crippen LogP contribution in [0.2, 0.25) is 0 Å². The normalized spacial score (nSPS) is 20.2. The van der Waals surface area contributed by atoms with E-state index in [1.165, 1.54) is 12.1 Å². The fourth-order valence-electron chi connectivity index (χ4n) is 4.44. The topological polar surface area (TPSA) is 85.6 Å². The predicted octanol–water partition coefficient (Wildman–Crippen LogP) is 2.41. The van der Waals surface area contributed by atoms with Gasteiger partial charge >= 0.3 is 0 Å². The van der Waals surface area contributed by atoms with Crippen LogP contribution in [0, 0.1) is 5.82 Å². The number of rotatable bonds is 6. The second-order valence-corrected chi connectivity index (χ2v) is 8.26. The molecule has 32 heavy (non-hydrogen) atoms. The molecule has 1 fully saturated rings. The number of methoxy groups -OCH3 is 1. The molecule has 1 aromatic heterocycles. The minimum Gasteiger partial charge on any atom is -0.381 e. The Balaban J connectivity index is 0.00000289. The van der Waals surface area contributed by atoms with Crippen LogP contribution in [0.5, 0.6) is 0 Å². The summed E-state index contributed by atoms with van der Waals surface area (Å²) >= 11 is 0. The summed E-state index contributed by atoms with van der Waals surface area (Å²) in [5.41, 5.74) is 1.03. The third-order valence-corrected chi connectivity index (χ3v) is 6.24. The van der Waals surface area contributed by atoms with Gasteiger partial charge in [-0.05, 0) is 37.0 Å². The van der Waals surface area contributed by atoms with Gasteiger partial charge < -0.3 is 20.1 Å². The smallest absolute Gasteiger partial charge is 0.191 e. The van der Waals surface area contributed by atoms with Crippen LogP contribution in [0.25, 0.3) is 0 Å². The fraction of sp³-hybridized carbons (Fsp3) is 0.591. The van der Waals surface area contributed by atoms with Gasteiger partial charge in [0.2, 0.25) is 0 Å². The standard InChI is InChI=1S/C22H31FN6O2.HI/c1-24-21(26-18-7-8-20-27-19(14-30-2)28-29(20)13-18)25-15-22(9-11-31-12-10-22)16-3-5-17(23)6-4-16;/h3-6,18H,7-15H2,1-2H3,(H2,24,25,26);1H. The Labute approximate surface area is 205 Å². The first-order chi connectivity index (χ1) is 15.1. The fourth-order valence-corrected chi connectivity index (χ4v) is 4.44. The molecule has 176 valence electrons. The van der Waals surface area contributed by atoms with Crippen molar-refractivity contribution in [3.8, 4) is 0 Å². The van der Waals surface area contributed by atoms with Gasteiger partial charge in [0.05, 0.1) is 6.54 Å². The molecule has 2 aliphatic heterocycles. The van der Waals surface area contributed by atoms with E-state index in [0.29, 0.717) is 26.4 Å². The summed E-state index contributed by atoms with van der Waals surface area (Å²) in [7, 11) is 3.43. The van der Waals surface area contributed by atoms with Crippen LogP contribution in [-0.4, -0.2) is 60.7 Å². The molecule has 0 aliphatic carbocycles. The van der Waals surface area contributed by atoms with Crippen molar-refractivity contribution in [2.45, 2.75) is 50.3 Å². The van der Waals surface area contributed by atoms with E-state index < -0.39 is 0 Å². The van der Waals surface area contributed by atoms with E-state index >= 15 is 0 Å². The average Bonchev–Trinajstić information content (AvgIpc) is 3.19. The van der Waals surface area contributed by atoms with Crippen molar-refractivity contribution in [1.29, 1.82) is 0 Å². The Morgan fingerprint density at radius 3 is 2.75 bits per heavy atom. The number of aromatic nitrogens is 3. The van der Waals surface area contributed by atoms with Crippen molar-refractivity contribution in [1.82, 2.24) is 25.4 Å². The second-order valence-electron chi connectivity index (χ2n) is 8.26. The van der Waals surface area contributed by atoms with Crippen molar-refractivity contribution in [3.63, 3.8) is 0 Å². The molecule has 2 N–H and O–H groups in total.